The summed E-state index contributed by atoms with van der Waals surface area (Å²) in [5, 5.41) is 18.7. The van der Waals surface area contributed by atoms with Gasteiger partial charge in [0, 0.05) is 13.1 Å². The van der Waals surface area contributed by atoms with E-state index in [9.17, 15) is 9.90 Å². The standard InChI is InChI=1S/C15H19N3O2S/c1-10(19)11-4-6-18(7-5-11)15(20)13-9-12(16-17-13)14-3-2-8-21-14/h2-3,8-11,19H,4-7H2,1H3,(H,16,17). The predicted molar refractivity (Wildman–Crippen MR) is 82.2 cm³/mol. The van der Waals surface area contributed by atoms with Crippen LogP contribution in [0, 0.1) is 5.92 Å². The molecule has 3 rings (SSSR count). The number of amides is 1. The van der Waals surface area contributed by atoms with Crippen molar-refractivity contribution in [2.24, 2.45) is 5.92 Å². The van der Waals surface area contributed by atoms with Crippen LogP contribution in [0.3, 0.4) is 0 Å². The van der Waals surface area contributed by atoms with E-state index >= 15 is 0 Å². The monoisotopic (exact) mass is 305 g/mol. The van der Waals surface area contributed by atoms with Crippen LogP contribution in [-0.2, 0) is 0 Å². The van der Waals surface area contributed by atoms with E-state index in [0.29, 0.717) is 24.7 Å². The molecule has 1 aliphatic heterocycles. The van der Waals surface area contributed by atoms with Gasteiger partial charge in [-0.05, 0) is 43.2 Å². The van der Waals surface area contributed by atoms with Gasteiger partial charge in [-0.2, -0.15) is 5.10 Å². The Labute approximate surface area is 127 Å². The lowest BCUT2D eigenvalue weighted by Crippen LogP contribution is -2.40. The third kappa shape index (κ3) is 3.01. The fourth-order valence-corrected chi connectivity index (χ4v) is 3.43. The van der Waals surface area contributed by atoms with E-state index in [1.54, 1.807) is 11.3 Å². The van der Waals surface area contributed by atoms with Crippen molar-refractivity contribution in [3.8, 4) is 10.6 Å². The Bertz CT molecular complexity index is 598. The van der Waals surface area contributed by atoms with Crippen LogP contribution in [0.25, 0.3) is 10.6 Å². The maximum atomic E-state index is 12.4. The molecular formula is C15H19N3O2S. The van der Waals surface area contributed by atoms with Gasteiger partial charge >= 0.3 is 0 Å². The second-order valence-electron chi connectivity index (χ2n) is 5.51. The van der Waals surface area contributed by atoms with Crippen molar-refractivity contribution in [1.82, 2.24) is 15.1 Å². The van der Waals surface area contributed by atoms with Crippen LogP contribution in [0.2, 0.25) is 0 Å². The second kappa shape index (κ2) is 5.99. The zero-order valence-corrected chi connectivity index (χ0v) is 12.8. The average Bonchev–Trinajstić information content (AvgIpc) is 3.17. The van der Waals surface area contributed by atoms with E-state index in [2.05, 4.69) is 10.2 Å². The van der Waals surface area contributed by atoms with Crippen molar-refractivity contribution in [3.63, 3.8) is 0 Å². The number of thiophene rings is 1. The van der Waals surface area contributed by atoms with Crippen LogP contribution in [0.1, 0.15) is 30.3 Å². The van der Waals surface area contributed by atoms with Crippen LogP contribution in [-0.4, -0.2) is 45.3 Å². The number of carbonyl (C=O) groups excluding carboxylic acids is 1. The molecule has 2 aromatic heterocycles. The number of aromatic nitrogens is 2. The first-order chi connectivity index (χ1) is 10.1. The smallest absolute Gasteiger partial charge is 0.274 e. The van der Waals surface area contributed by atoms with E-state index in [1.807, 2.05) is 35.4 Å². The zero-order valence-electron chi connectivity index (χ0n) is 12.0. The number of hydrogen-bond donors (Lipinski definition) is 2. The highest BCUT2D eigenvalue weighted by Gasteiger charge is 2.27. The van der Waals surface area contributed by atoms with Crippen LogP contribution in [0.5, 0.6) is 0 Å². The van der Waals surface area contributed by atoms with Gasteiger partial charge in [-0.1, -0.05) is 6.07 Å². The molecule has 2 N–H and O–H groups in total. The Balaban J connectivity index is 1.66. The number of likely N-dealkylation sites (tertiary alicyclic amines) is 1. The second-order valence-corrected chi connectivity index (χ2v) is 6.46. The lowest BCUT2D eigenvalue weighted by molar-refractivity contribution is 0.0517. The number of piperidine rings is 1. The SMILES string of the molecule is CC(O)C1CCN(C(=O)c2cc(-c3cccs3)[nH]n2)CC1. The molecule has 0 radical (unpaired) electrons. The Morgan fingerprint density at radius 1 is 1.52 bits per heavy atom. The molecule has 1 atom stereocenters. The summed E-state index contributed by atoms with van der Waals surface area (Å²) in [6.07, 6.45) is 1.41. The van der Waals surface area contributed by atoms with Crippen LogP contribution >= 0.6 is 11.3 Å². The summed E-state index contributed by atoms with van der Waals surface area (Å²) in [6, 6.07) is 5.79. The molecule has 1 unspecified atom stereocenters. The summed E-state index contributed by atoms with van der Waals surface area (Å²) >= 11 is 1.62. The maximum Gasteiger partial charge on any atom is 0.274 e. The largest absolute Gasteiger partial charge is 0.393 e. The summed E-state index contributed by atoms with van der Waals surface area (Å²) in [4.78, 5) is 15.3. The van der Waals surface area contributed by atoms with Gasteiger partial charge in [-0.3, -0.25) is 9.89 Å². The number of aromatic amines is 1. The van der Waals surface area contributed by atoms with E-state index in [4.69, 9.17) is 0 Å². The lowest BCUT2D eigenvalue weighted by Gasteiger charge is -2.32. The minimum absolute atomic E-state index is 0.0295. The first-order valence-electron chi connectivity index (χ1n) is 7.22. The third-order valence-corrected chi connectivity index (χ3v) is 5.00. The molecule has 0 bridgehead atoms. The van der Waals surface area contributed by atoms with Gasteiger partial charge in [-0.15, -0.1) is 11.3 Å². The molecule has 21 heavy (non-hydrogen) atoms. The number of carbonyl (C=O) groups is 1. The molecule has 0 aromatic carbocycles. The number of aliphatic hydroxyl groups is 1. The highest BCUT2D eigenvalue weighted by atomic mass is 32.1. The quantitative estimate of drug-likeness (QED) is 0.914. The fourth-order valence-electron chi connectivity index (χ4n) is 2.74. The molecule has 0 aliphatic carbocycles. The molecule has 0 spiro atoms. The molecular weight excluding hydrogens is 286 g/mol. The van der Waals surface area contributed by atoms with Gasteiger partial charge in [0.15, 0.2) is 5.69 Å². The molecule has 1 amide bonds. The Morgan fingerprint density at radius 3 is 2.90 bits per heavy atom. The first kappa shape index (κ1) is 14.3. The molecule has 0 saturated carbocycles. The van der Waals surface area contributed by atoms with Crippen LogP contribution in [0.15, 0.2) is 23.6 Å². The third-order valence-electron chi connectivity index (χ3n) is 4.09. The molecule has 1 saturated heterocycles. The van der Waals surface area contributed by atoms with E-state index < -0.39 is 0 Å². The van der Waals surface area contributed by atoms with Crippen molar-refractivity contribution in [3.05, 3.63) is 29.3 Å². The van der Waals surface area contributed by atoms with Crippen molar-refractivity contribution in [2.45, 2.75) is 25.9 Å². The van der Waals surface area contributed by atoms with Crippen LogP contribution < -0.4 is 0 Å². The summed E-state index contributed by atoms with van der Waals surface area (Å²) in [5.74, 6) is 0.271. The van der Waals surface area contributed by atoms with Crippen molar-refractivity contribution >= 4 is 17.2 Å². The van der Waals surface area contributed by atoms with Gasteiger partial charge in [0.25, 0.3) is 5.91 Å². The fraction of sp³-hybridized carbons (Fsp3) is 0.467. The highest BCUT2D eigenvalue weighted by Crippen LogP contribution is 2.25. The minimum Gasteiger partial charge on any atom is -0.393 e. The number of aliphatic hydroxyl groups excluding tert-OH is 1. The number of nitrogens with zero attached hydrogens (tertiary/aromatic N) is 2. The summed E-state index contributed by atoms with van der Waals surface area (Å²) < 4.78 is 0. The average molecular weight is 305 g/mol. The molecule has 5 nitrogen and oxygen atoms in total. The van der Waals surface area contributed by atoms with Gasteiger partial charge in [0.05, 0.1) is 16.7 Å². The minimum atomic E-state index is -0.293. The molecule has 1 fully saturated rings. The van der Waals surface area contributed by atoms with Gasteiger partial charge in [0.1, 0.15) is 0 Å². The number of rotatable bonds is 3. The highest BCUT2D eigenvalue weighted by molar-refractivity contribution is 7.13. The number of hydrogen-bond acceptors (Lipinski definition) is 4. The zero-order chi connectivity index (χ0) is 14.8. The predicted octanol–water partition coefficient (Wildman–Crippen LogP) is 2.37. The molecule has 3 heterocycles. The van der Waals surface area contributed by atoms with Crippen molar-refractivity contribution in [1.29, 1.82) is 0 Å². The molecule has 1 aliphatic rings. The Kier molecular flexibility index (Phi) is 4.07. The summed E-state index contributed by atoms with van der Waals surface area (Å²) in [6.45, 7) is 3.20. The van der Waals surface area contributed by atoms with E-state index in [0.717, 1.165) is 23.4 Å². The Hall–Kier alpha value is -1.66. The first-order valence-corrected chi connectivity index (χ1v) is 8.09. The van der Waals surface area contributed by atoms with Gasteiger partial charge in [-0.25, -0.2) is 0 Å². The van der Waals surface area contributed by atoms with E-state index in [1.165, 1.54) is 0 Å². The van der Waals surface area contributed by atoms with Crippen molar-refractivity contribution in [2.75, 3.05) is 13.1 Å². The molecule has 112 valence electrons. The lowest BCUT2D eigenvalue weighted by atomic mass is 9.92. The van der Waals surface area contributed by atoms with Crippen LogP contribution in [0.4, 0.5) is 0 Å². The Morgan fingerprint density at radius 2 is 2.29 bits per heavy atom. The van der Waals surface area contributed by atoms with Gasteiger partial charge < -0.3 is 10.0 Å². The van der Waals surface area contributed by atoms with Gasteiger partial charge in [0.2, 0.25) is 0 Å². The number of H-pyrrole nitrogens is 1. The molecule has 2 aromatic rings. The summed E-state index contributed by atoms with van der Waals surface area (Å²) in [5.41, 5.74) is 1.35. The van der Waals surface area contributed by atoms with E-state index in [-0.39, 0.29) is 12.0 Å². The number of nitrogens with one attached hydrogen (secondary N) is 1. The normalized spacial score (nSPS) is 17.9. The summed E-state index contributed by atoms with van der Waals surface area (Å²) in [7, 11) is 0. The maximum absolute atomic E-state index is 12.4. The topological polar surface area (TPSA) is 69.2 Å². The molecule has 6 heteroatoms. The van der Waals surface area contributed by atoms with Crippen molar-refractivity contribution < 1.29 is 9.90 Å².